The number of ether oxygens (including phenoxy) is 2. The van der Waals surface area contributed by atoms with Gasteiger partial charge in [-0.2, -0.15) is 0 Å². The molecule has 3 aromatic rings. The van der Waals surface area contributed by atoms with E-state index in [2.05, 4.69) is 4.98 Å². The molecule has 1 aromatic carbocycles. The standard InChI is InChI=1S/C22H24N2O5S/c1-4-5-10-28-22(27)17-12-30-19-18(17)20(25)24(13-23-19)11-15-6-8-16(9-7-15)21(26)29-14(2)3/h6-9,12-14H,4-5,10-11H2,1-3H3. The van der Waals surface area contributed by atoms with Crippen LogP contribution in [-0.2, 0) is 16.0 Å². The van der Waals surface area contributed by atoms with Crippen molar-refractivity contribution in [2.45, 2.75) is 46.3 Å². The number of hydrogen-bond donors (Lipinski definition) is 0. The van der Waals surface area contributed by atoms with E-state index >= 15 is 0 Å². The monoisotopic (exact) mass is 428 g/mol. The molecule has 0 N–H and O–H groups in total. The van der Waals surface area contributed by atoms with Crippen molar-refractivity contribution < 1.29 is 19.1 Å². The third kappa shape index (κ3) is 4.94. The van der Waals surface area contributed by atoms with Crippen LogP contribution in [0.4, 0.5) is 0 Å². The number of thiophene rings is 1. The zero-order chi connectivity index (χ0) is 21.7. The SMILES string of the molecule is CCCCOC(=O)c1csc2ncn(Cc3ccc(C(=O)OC(C)C)cc3)c(=O)c12. The van der Waals surface area contributed by atoms with Gasteiger partial charge >= 0.3 is 11.9 Å². The first-order chi connectivity index (χ1) is 14.4. The highest BCUT2D eigenvalue weighted by molar-refractivity contribution is 7.17. The molecule has 0 saturated heterocycles. The minimum Gasteiger partial charge on any atom is -0.462 e. The quantitative estimate of drug-likeness (QED) is 0.398. The molecule has 0 unspecified atom stereocenters. The minimum atomic E-state index is -0.501. The molecule has 158 valence electrons. The first-order valence-corrected chi connectivity index (χ1v) is 10.7. The Hall–Kier alpha value is -3.00. The highest BCUT2D eigenvalue weighted by Gasteiger charge is 2.19. The molecule has 2 aromatic heterocycles. The fourth-order valence-corrected chi connectivity index (χ4v) is 3.71. The van der Waals surface area contributed by atoms with E-state index in [0.29, 0.717) is 17.0 Å². The summed E-state index contributed by atoms with van der Waals surface area (Å²) in [5, 5.41) is 1.90. The molecule has 0 fully saturated rings. The number of benzene rings is 1. The molecular weight excluding hydrogens is 404 g/mol. The number of aromatic nitrogens is 2. The van der Waals surface area contributed by atoms with Gasteiger partial charge in [0.15, 0.2) is 0 Å². The van der Waals surface area contributed by atoms with Gasteiger partial charge in [0.1, 0.15) is 4.83 Å². The van der Waals surface area contributed by atoms with E-state index in [1.54, 1.807) is 43.5 Å². The summed E-state index contributed by atoms with van der Waals surface area (Å²) >= 11 is 1.24. The van der Waals surface area contributed by atoms with Crippen LogP contribution in [0.2, 0.25) is 0 Å². The molecule has 0 aliphatic rings. The molecule has 0 spiro atoms. The average Bonchev–Trinajstić information content (AvgIpc) is 3.15. The van der Waals surface area contributed by atoms with Gasteiger partial charge in [0, 0.05) is 5.38 Å². The van der Waals surface area contributed by atoms with Crippen molar-refractivity contribution in [3.05, 3.63) is 63.0 Å². The van der Waals surface area contributed by atoms with Crippen LogP contribution in [-0.4, -0.2) is 34.2 Å². The third-order valence-corrected chi connectivity index (χ3v) is 5.28. The molecule has 0 atom stereocenters. The lowest BCUT2D eigenvalue weighted by atomic mass is 10.1. The van der Waals surface area contributed by atoms with Gasteiger partial charge in [-0.15, -0.1) is 11.3 Å². The van der Waals surface area contributed by atoms with Crippen LogP contribution in [0.25, 0.3) is 10.2 Å². The number of unbranched alkanes of at least 4 members (excludes halogenated alkanes) is 1. The molecule has 0 aliphatic carbocycles. The van der Waals surface area contributed by atoms with Crippen molar-refractivity contribution in [2.75, 3.05) is 6.61 Å². The van der Waals surface area contributed by atoms with Crippen molar-refractivity contribution in [3.63, 3.8) is 0 Å². The van der Waals surface area contributed by atoms with E-state index < -0.39 is 5.97 Å². The molecule has 8 heteroatoms. The van der Waals surface area contributed by atoms with E-state index in [1.165, 1.54) is 22.2 Å². The lowest BCUT2D eigenvalue weighted by molar-refractivity contribution is 0.0377. The van der Waals surface area contributed by atoms with Gasteiger partial charge in [-0.05, 0) is 38.0 Å². The van der Waals surface area contributed by atoms with Crippen molar-refractivity contribution in [2.24, 2.45) is 0 Å². The number of hydrogen-bond acceptors (Lipinski definition) is 7. The molecule has 2 heterocycles. The summed E-state index contributed by atoms with van der Waals surface area (Å²) in [6, 6.07) is 6.86. The van der Waals surface area contributed by atoms with Gasteiger partial charge in [-0.25, -0.2) is 14.6 Å². The van der Waals surface area contributed by atoms with Gasteiger partial charge in [0.2, 0.25) is 0 Å². The summed E-state index contributed by atoms with van der Waals surface area (Å²) in [7, 11) is 0. The Kier molecular flexibility index (Phi) is 6.99. The molecule has 3 rings (SSSR count). The molecular formula is C22H24N2O5S. The number of esters is 2. The van der Waals surface area contributed by atoms with Crippen LogP contribution in [0.5, 0.6) is 0 Å². The molecule has 0 saturated carbocycles. The van der Waals surface area contributed by atoms with E-state index in [4.69, 9.17) is 9.47 Å². The molecule has 0 bridgehead atoms. The topological polar surface area (TPSA) is 87.5 Å². The zero-order valence-electron chi connectivity index (χ0n) is 17.2. The number of nitrogens with zero attached hydrogens (tertiary/aromatic N) is 2. The highest BCUT2D eigenvalue weighted by Crippen LogP contribution is 2.22. The van der Waals surface area contributed by atoms with Crippen LogP contribution in [0.15, 0.2) is 40.8 Å². The van der Waals surface area contributed by atoms with Gasteiger partial charge in [-0.3, -0.25) is 9.36 Å². The van der Waals surface area contributed by atoms with Crippen LogP contribution >= 0.6 is 11.3 Å². The Labute approximate surface area is 178 Å². The van der Waals surface area contributed by atoms with Crippen LogP contribution in [0.1, 0.15) is 59.9 Å². The van der Waals surface area contributed by atoms with Crippen LogP contribution < -0.4 is 5.56 Å². The lowest BCUT2D eigenvalue weighted by Gasteiger charge is -2.09. The minimum absolute atomic E-state index is 0.193. The second-order valence-electron chi connectivity index (χ2n) is 7.15. The molecule has 30 heavy (non-hydrogen) atoms. The summed E-state index contributed by atoms with van der Waals surface area (Å²) in [6.45, 7) is 6.19. The smallest absolute Gasteiger partial charge is 0.339 e. The summed E-state index contributed by atoms with van der Waals surface area (Å²) in [5.41, 5.74) is 1.22. The Balaban J connectivity index is 1.82. The molecule has 0 radical (unpaired) electrons. The Morgan fingerprint density at radius 2 is 1.90 bits per heavy atom. The molecule has 0 amide bonds. The predicted octanol–water partition coefficient (Wildman–Crippen LogP) is 4.03. The summed E-state index contributed by atoms with van der Waals surface area (Å²) in [4.78, 5) is 42.1. The van der Waals surface area contributed by atoms with Gasteiger partial charge in [0.25, 0.3) is 5.56 Å². The maximum absolute atomic E-state index is 13.0. The second-order valence-corrected chi connectivity index (χ2v) is 8.01. The first-order valence-electron chi connectivity index (χ1n) is 9.84. The first kappa shape index (κ1) is 21.7. The van der Waals surface area contributed by atoms with E-state index in [1.807, 2.05) is 6.92 Å². The number of fused-ring (bicyclic) bond motifs is 1. The Morgan fingerprint density at radius 1 is 1.17 bits per heavy atom. The van der Waals surface area contributed by atoms with Gasteiger partial charge in [-0.1, -0.05) is 25.5 Å². The second kappa shape index (κ2) is 9.67. The average molecular weight is 429 g/mol. The fraction of sp³-hybridized carbons (Fsp3) is 0.364. The van der Waals surface area contributed by atoms with Crippen LogP contribution in [0.3, 0.4) is 0 Å². The fourth-order valence-electron chi connectivity index (χ4n) is 2.84. The number of carbonyl (C=O) groups is 2. The van der Waals surface area contributed by atoms with E-state index in [9.17, 15) is 14.4 Å². The highest BCUT2D eigenvalue weighted by atomic mass is 32.1. The summed E-state index contributed by atoms with van der Waals surface area (Å²) in [5.74, 6) is -0.888. The van der Waals surface area contributed by atoms with Crippen molar-refractivity contribution in [1.82, 2.24) is 9.55 Å². The maximum Gasteiger partial charge on any atom is 0.339 e. The predicted molar refractivity (Wildman–Crippen MR) is 115 cm³/mol. The number of rotatable bonds is 8. The lowest BCUT2D eigenvalue weighted by Crippen LogP contribution is -2.22. The van der Waals surface area contributed by atoms with Crippen molar-refractivity contribution in [3.8, 4) is 0 Å². The largest absolute Gasteiger partial charge is 0.462 e. The summed E-state index contributed by atoms with van der Waals surface area (Å²) in [6.07, 6.45) is 2.97. The third-order valence-electron chi connectivity index (χ3n) is 4.40. The Bertz CT molecular complexity index is 1100. The van der Waals surface area contributed by atoms with Crippen molar-refractivity contribution in [1.29, 1.82) is 0 Å². The number of carbonyl (C=O) groups excluding carboxylic acids is 2. The Morgan fingerprint density at radius 3 is 2.57 bits per heavy atom. The molecule has 0 aliphatic heterocycles. The summed E-state index contributed by atoms with van der Waals surface area (Å²) < 4.78 is 11.9. The van der Waals surface area contributed by atoms with Crippen molar-refractivity contribution >= 4 is 33.5 Å². The van der Waals surface area contributed by atoms with Gasteiger partial charge < -0.3 is 9.47 Å². The van der Waals surface area contributed by atoms with E-state index in [-0.39, 0.29) is 35.1 Å². The zero-order valence-corrected chi connectivity index (χ0v) is 18.0. The van der Waals surface area contributed by atoms with E-state index in [0.717, 1.165) is 18.4 Å². The normalized spacial score (nSPS) is 11.1. The molecule has 7 nitrogen and oxygen atoms in total. The maximum atomic E-state index is 13.0. The van der Waals surface area contributed by atoms with Gasteiger partial charge in [0.05, 0.1) is 42.1 Å². The van der Waals surface area contributed by atoms with Crippen LogP contribution in [0, 0.1) is 0 Å².